The maximum Gasteiger partial charge on any atom is 0.330 e. The van der Waals surface area contributed by atoms with Crippen LogP contribution < -0.4 is 0 Å². The SMILES string of the molecule is CCC1COC(O)(/C(C)=C\CCC(C)/C=C/C=C/C(=O)OC)CC1=O. The van der Waals surface area contributed by atoms with E-state index in [1.807, 2.05) is 25.2 Å². The fourth-order valence-electron chi connectivity index (χ4n) is 2.64. The number of allylic oxidation sites excluding steroid dienone is 4. The molecule has 0 spiro atoms. The molecule has 0 aromatic heterocycles. The first-order valence-corrected chi connectivity index (χ1v) is 8.81. The van der Waals surface area contributed by atoms with Crippen LogP contribution in [0.2, 0.25) is 0 Å². The molecule has 1 N–H and O–H groups in total. The lowest BCUT2D eigenvalue weighted by atomic mass is 9.89. The van der Waals surface area contributed by atoms with Gasteiger partial charge in [-0.25, -0.2) is 4.79 Å². The van der Waals surface area contributed by atoms with E-state index in [1.165, 1.54) is 13.2 Å². The topological polar surface area (TPSA) is 72.8 Å². The van der Waals surface area contributed by atoms with Crippen LogP contribution in [0, 0.1) is 11.8 Å². The quantitative estimate of drug-likeness (QED) is 0.315. The minimum absolute atomic E-state index is 0.0294. The molecule has 1 aliphatic heterocycles. The molecular weight excluding hydrogens is 320 g/mol. The van der Waals surface area contributed by atoms with Gasteiger partial charge in [0, 0.05) is 12.0 Å². The summed E-state index contributed by atoms with van der Waals surface area (Å²) < 4.78 is 10.1. The predicted molar refractivity (Wildman–Crippen MR) is 96.8 cm³/mol. The standard InChI is InChI=1S/C20H30O5/c1-5-17-14-25-20(23,13-18(17)21)16(3)11-8-10-15(2)9-6-7-12-19(22)24-4/h6-7,9,11-12,15,17,23H,5,8,10,13-14H2,1-4H3/b9-6+,12-7+,16-11-. The van der Waals surface area contributed by atoms with Crippen LogP contribution in [0.15, 0.2) is 36.0 Å². The second kappa shape index (κ2) is 10.3. The number of rotatable bonds is 8. The van der Waals surface area contributed by atoms with E-state index >= 15 is 0 Å². The molecule has 1 fully saturated rings. The highest BCUT2D eigenvalue weighted by molar-refractivity contribution is 5.83. The fourth-order valence-corrected chi connectivity index (χ4v) is 2.64. The number of esters is 1. The highest BCUT2D eigenvalue weighted by Crippen LogP contribution is 2.31. The van der Waals surface area contributed by atoms with E-state index in [2.05, 4.69) is 11.7 Å². The highest BCUT2D eigenvalue weighted by Gasteiger charge is 2.40. The molecule has 1 aliphatic rings. The number of hydrogen-bond acceptors (Lipinski definition) is 5. The number of carbonyl (C=O) groups excluding carboxylic acids is 2. The second-order valence-electron chi connectivity index (χ2n) is 6.55. The molecule has 0 bridgehead atoms. The van der Waals surface area contributed by atoms with E-state index in [9.17, 15) is 14.7 Å². The minimum Gasteiger partial charge on any atom is -0.466 e. The molecule has 0 aromatic rings. The molecule has 1 heterocycles. The maximum absolute atomic E-state index is 12.0. The molecule has 0 aromatic carbocycles. The molecule has 1 rings (SSSR count). The summed E-state index contributed by atoms with van der Waals surface area (Å²) in [4.78, 5) is 23.0. The number of methoxy groups -OCH3 is 1. The summed E-state index contributed by atoms with van der Waals surface area (Å²) in [6, 6.07) is 0. The van der Waals surface area contributed by atoms with E-state index in [0.717, 1.165) is 19.3 Å². The van der Waals surface area contributed by atoms with Gasteiger partial charge in [0.2, 0.25) is 0 Å². The van der Waals surface area contributed by atoms with Crippen LogP contribution in [0.3, 0.4) is 0 Å². The molecule has 1 saturated heterocycles. The Morgan fingerprint density at radius 1 is 1.48 bits per heavy atom. The van der Waals surface area contributed by atoms with Crippen molar-refractivity contribution in [2.24, 2.45) is 11.8 Å². The van der Waals surface area contributed by atoms with Gasteiger partial charge in [-0.15, -0.1) is 0 Å². The Kier molecular flexibility index (Phi) is 8.79. The molecule has 3 unspecified atom stereocenters. The first-order valence-electron chi connectivity index (χ1n) is 8.81. The lowest BCUT2D eigenvalue weighted by Gasteiger charge is -2.35. The van der Waals surface area contributed by atoms with Gasteiger partial charge in [-0.2, -0.15) is 0 Å². The first-order chi connectivity index (χ1) is 11.8. The van der Waals surface area contributed by atoms with Gasteiger partial charge in [-0.1, -0.05) is 38.2 Å². The smallest absolute Gasteiger partial charge is 0.330 e. The maximum atomic E-state index is 12.0. The van der Waals surface area contributed by atoms with E-state index in [-0.39, 0.29) is 30.7 Å². The number of aliphatic hydroxyl groups is 1. The van der Waals surface area contributed by atoms with E-state index in [0.29, 0.717) is 11.5 Å². The lowest BCUT2D eigenvalue weighted by molar-refractivity contribution is -0.207. The Morgan fingerprint density at radius 2 is 2.20 bits per heavy atom. The Hall–Kier alpha value is -1.72. The zero-order chi connectivity index (χ0) is 18.9. The zero-order valence-corrected chi connectivity index (χ0v) is 15.7. The number of ketones is 1. The van der Waals surface area contributed by atoms with Gasteiger partial charge in [0.05, 0.1) is 20.1 Å². The van der Waals surface area contributed by atoms with Gasteiger partial charge in [0.25, 0.3) is 0 Å². The molecule has 140 valence electrons. The van der Waals surface area contributed by atoms with Gasteiger partial charge < -0.3 is 14.6 Å². The zero-order valence-electron chi connectivity index (χ0n) is 15.7. The molecule has 0 aliphatic carbocycles. The van der Waals surface area contributed by atoms with Gasteiger partial charge in [0.15, 0.2) is 5.79 Å². The number of Topliss-reactive ketones (excluding diaryl/α,β-unsaturated/α-hetero) is 1. The summed E-state index contributed by atoms with van der Waals surface area (Å²) in [6.45, 7) is 6.11. The van der Waals surface area contributed by atoms with Crippen LogP contribution >= 0.6 is 0 Å². The molecular formula is C20H30O5. The molecule has 0 radical (unpaired) electrons. The summed E-state index contributed by atoms with van der Waals surface area (Å²) in [5.41, 5.74) is 0.692. The monoisotopic (exact) mass is 350 g/mol. The average molecular weight is 350 g/mol. The third-order valence-electron chi connectivity index (χ3n) is 4.56. The Labute approximate surface area is 150 Å². The van der Waals surface area contributed by atoms with Crippen molar-refractivity contribution in [3.63, 3.8) is 0 Å². The van der Waals surface area contributed by atoms with Gasteiger partial charge in [-0.05, 0) is 37.7 Å². The normalized spacial score (nSPS) is 26.4. The molecule has 0 amide bonds. The third-order valence-corrected chi connectivity index (χ3v) is 4.56. The van der Waals surface area contributed by atoms with Crippen molar-refractivity contribution >= 4 is 11.8 Å². The van der Waals surface area contributed by atoms with Crippen molar-refractivity contribution in [1.82, 2.24) is 0 Å². The van der Waals surface area contributed by atoms with Crippen molar-refractivity contribution in [3.05, 3.63) is 36.0 Å². The van der Waals surface area contributed by atoms with Crippen molar-refractivity contribution in [1.29, 1.82) is 0 Å². The molecule has 5 nitrogen and oxygen atoms in total. The summed E-state index contributed by atoms with van der Waals surface area (Å²) in [6.07, 6.45) is 11.2. The predicted octanol–water partition coefficient (Wildman–Crippen LogP) is 3.34. The molecule has 25 heavy (non-hydrogen) atoms. The molecule has 3 atom stereocenters. The van der Waals surface area contributed by atoms with Crippen LogP contribution in [0.25, 0.3) is 0 Å². The van der Waals surface area contributed by atoms with Gasteiger partial charge in [-0.3, -0.25) is 4.79 Å². The summed E-state index contributed by atoms with van der Waals surface area (Å²) in [7, 11) is 1.34. The Morgan fingerprint density at radius 3 is 2.80 bits per heavy atom. The largest absolute Gasteiger partial charge is 0.466 e. The van der Waals surface area contributed by atoms with Crippen molar-refractivity contribution < 1.29 is 24.2 Å². The minimum atomic E-state index is -1.45. The average Bonchev–Trinajstić information content (AvgIpc) is 2.58. The third kappa shape index (κ3) is 6.96. The number of ether oxygens (including phenoxy) is 2. The van der Waals surface area contributed by atoms with Crippen LogP contribution in [-0.4, -0.2) is 36.4 Å². The van der Waals surface area contributed by atoms with Gasteiger partial charge >= 0.3 is 5.97 Å². The molecule has 5 heteroatoms. The van der Waals surface area contributed by atoms with Crippen molar-refractivity contribution in [3.8, 4) is 0 Å². The summed E-state index contributed by atoms with van der Waals surface area (Å²) >= 11 is 0. The van der Waals surface area contributed by atoms with Crippen LogP contribution in [-0.2, 0) is 19.1 Å². The fraction of sp³-hybridized carbons (Fsp3) is 0.600. The number of carbonyl (C=O) groups is 2. The van der Waals surface area contributed by atoms with E-state index < -0.39 is 5.79 Å². The van der Waals surface area contributed by atoms with Gasteiger partial charge in [0.1, 0.15) is 5.78 Å². The summed E-state index contributed by atoms with van der Waals surface area (Å²) in [5.74, 6) is -1.55. The van der Waals surface area contributed by atoms with Crippen molar-refractivity contribution in [2.45, 2.75) is 52.2 Å². The second-order valence-corrected chi connectivity index (χ2v) is 6.55. The van der Waals surface area contributed by atoms with E-state index in [1.54, 1.807) is 13.0 Å². The van der Waals surface area contributed by atoms with Crippen LogP contribution in [0.5, 0.6) is 0 Å². The lowest BCUT2D eigenvalue weighted by Crippen LogP contribution is -2.45. The van der Waals surface area contributed by atoms with E-state index in [4.69, 9.17) is 4.74 Å². The number of hydrogen-bond donors (Lipinski definition) is 1. The van der Waals surface area contributed by atoms with Crippen LogP contribution in [0.1, 0.15) is 46.5 Å². The van der Waals surface area contributed by atoms with Crippen molar-refractivity contribution in [2.75, 3.05) is 13.7 Å². The summed E-state index contributed by atoms with van der Waals surface area (Å²) in [5, 5.41) is 10.6. The Bertz CT molecular complexity index is 546. The Balaban J connectivity index is 2.47. The van der Waals surface area contributed by atoms with Crippen LogP contribution in [0.4, 0.5) is 0 Å². The molecule has 0 saturated carbocycles. The first kappa shape index (κ1) is 21.3. The highest BCUT2D eigenvalue weighted by atomic mass is 16.6.